The number of aromatic amines is 1. The summed E-state index contributed by atoms with van der Waals surface area (Å²) in [5, 5.41) is 0.756. The molecule has 0 saturated carbocycles. The van der Waals surface area contributed by atoms with E-state index in [0.717, 1.165) is 10.9 Å². The van der Waals surface area contributed by atoms with Crippen LogP contribution in [0.2, 0.25) is 0 Å². The summed E-state index contributed by atoms with van der Waals surface area (Å²) in [6.45, 7) is -0.306. The minimum Gasteiger partial charge on any atom is -0.484 e. The molecule has 6 nitrogen and oxygen atoms in total. The van der Waals surface area contributed by atoms with E-state index in [1.54, 1.807) is 12.3 Å². The monoisotopic (exact) mass is 327 g/mol. The molecule has 0 aliphatic carbocycles. The first-order chi connectivity index (χ1) is 11.6. The Balaban J connectivity index is 1.52. The van der Waals surface area contributed by atoms with E-state index in [4.69, 9.17) is 4.74 Å². The largest absolute Gasteiger partial charge is 0.484 e. The average Bonchev–Trinajstić information content (AvgIpc) is 3.03. The van der Waals surface area contributed by atoms with Crippen LogP contribution in [-0.4, -0.2) is 23.4 Å². The highest BCUT2D eigenvalue weighted by Crippen LogP contribution is 2.17. The predicted octanol–water partition coefficient (Wildman–Crippen LogP) is 2.15. The van der Waals surface area contributed by atoms with Gasteiger partial charge in [0.1, 0.15) is 11.6 Å². The van der Waals surface area contributed by atoms with E-state index in [2.05, 4.69) is 15.8 Å². The van der Waals surface area contributed by atoms with E-state index in [0.29, 0.717) is 11.3 Å². The zero-order valence-corrected chi connectivity index (χ0v) is 12.5. The number of hydrazine groups is 1. The minimum atomic E-state index is -0.535. The number of hydrogen-bond donors (Lipinski definition) is 3. The highest BCUT2D eigenvalue weighted by Gasteiger charge is 2.12. The number of fused-ring (bicyclic) bond motifs is 1. The minimum absolute atomic E-state index is 0.306. The maximum Gasteiger partial charge on any atom is 0.276 e. The molecule has 24 heavy (non-hydrogen) atoms. The predicted molar refractivity (Wildman–Crippen MR) is 85.8 cm³/mol. The van der Waals surface area contributed by atoms with Crippen molar-refractivity contribution in [2.45, 2.75) is 0 Å². The number of H-pyrrole nitrogens is 1. The molecule has 0 fully saturated rings. The number of hydrogen-bond acceptors (Lipinski definition) is 3. The van der Waals surface area contributed by atoms with Crippen molar-refractivity contribution in [3.05, 3.63) is 66.1 Å². The molecule has 0 saturated heterocycles. The fourth-order valence-corrected chi connectivity index (χ4v) is 2.17. The van der Waals surface area contributed by atoms with Gasteiger partial charge in [-0.1, -0.05) is 18.2 Å². The second-order valence-corrected chi connectivity index (χ2v) is 4.99. The average molecular weight is 327 g/mol. The lowest BCUT2D eigenvalue weighted by atomic mass is 10.2. The van der Waals surface area contributed by atoms with E-state index in [1.165, 1.54) is 24.3 Å². The normalized spacial score (nSPS) is 10.4. The quantitative estimate of drug-likeness (QED) is 0.642. The maximum absolute atomic E-state index is 12.8. The summed E-state index contributed by atoms with van der Waals surface area (Å²) < 4.78 is 17.9. The topological polar surface area (TPSA) is 83.2 Å². The molecular weight excluding hydrogens is 313 g/mol. The van der Waals surface area contributed by atoms with Crippen LogP contribution in [0, 0.1) is 5.82 Å². The summed E-state index contributed by atoms with van der Waals surface area (Å²) in [6, 6.07) is 12.6. The molecule has 1 heterocycles. The fraction of sp³-hybridized carbons (Fsp3) is 0.0588. The molecule has 7 heteroatoms. The number of aromatic nitrogens is 1. The molecule has 3 N–H and O–H groups in total. The van der Waals surface area contributed by atoms with Gasteiger partial charge in [-0.05, 0) is 30.3 Å². The van der Waals surface area contributed by atoms with Crippen LogP contribution < -0.4 is 15.6 Å². The first-order valence-electron chi connectivity index (χ1n) is 7.17. The number of carbonyl (C=O) groups is 2. The Kier molecular flexibility index (Phi) is 4.42. The highest BCUT2D eigenvalue weighted by molar-refractivity contribution is 6.07. The summed E-state index contributed by atoms with van der Waals surface area (Å²) in [4.78, 5) is 26.8. The van der Waals surface area contributed by atoms with E-state index in [1.807, 2.05) is 18.2 Å². The van der Waals surface area contributed by atoms with Crippen LogP contribution in [0.1, 0.15) is 10.4 Å². The van der Waals surface area contributed by atoms with Crippen LogP contribution in [0.5, 0.6) is 5.75 Å². The molecule has 0 aliphatic heterocycles. The summed E-state index contributed by atoms with van der Waals surface area (Å²) in [5.41, 5.74) is 5.84. The zero-order valence-electron chi connectivity index (χ0n) is 12.5. The number of benzene rings is 2. The summed E-state index contributed by atoms with van der Waals surface area (Å²) >= 11 is 0. The van der Waals surface area contributed by atoms with Crippen molar-refractivity contribution in [2.75, 3.05) is 6.61 Å². The van der Waals surface area contributed by atoms with Crippen molar-refractivity contribution in [2.24, 2.45) is 0 Å². The Bertz CT molecular complexity index is 874. The van der Waals surface area contributed by atoms with Gasteiger partial charge in [0.15, 0.2) is 6.61 Å². The van der Waals surface area contributed by atoms with Gasteiger partial charge in [0.25, 0.3) is 11.8 Å². The van der Waals surface area contributed by atoms with Gasteiger partial charge in [-0.2, -0.15) is 0 Å². The molecule has 0 aliphatic rings. The summed E-state index contributed by atoms with van der Waals surface area (Å²) in [7, 11) is 0. The van der Waals surface area contributed by atoms with Gasteiger partial charge in [0.2, 0.25) is 0 Å². The first-order valence-corrected chi connectivity index (χ1v) is 7.17. The number of amides is 2. The summed E-state index contributed by atoms with van der Waals surface area (Å²) in [5.74, 6) is -1.01. The fourth-order valence-electron chi connectivity index (χ4n) is 2.17. The highest BCUT2D eigenvalue weighted by atomic mass is 19.1. The third kappa shape index (κ3) is 3.52. The Morgan fingerprint density at radius 2 is 1.79 bits per heavy atom. The van der Waals surface area contributed by atoms with Crippen molar-refractivity contribution in [3.63, 3.8) is 0 Å². The van der Waals surface area contributed by atoms with Crippen molar-refractivity contribution in [3.8, 4) is 5.75 Å². The van der Waals surface area contributed by atoms with Crippen molar-refractivity contribution in [1.29, 1.82) is 0 Å². The van der Waals surface area contributed by atoms with Crippen LogP contribution in [0.3, 0.4) is 0 Å². The molecule has 2 aromatic carbocycles. The van der Waals surface area contributed by atoms with E-state index in [9.17, 15) is 14.0 Å². The van der Waals surface area contributed by atoms with Gasteiger partial charge in [-0.15, -0.1) is 0 Å². The number of halogens is 1. The number of ether oxygens (including phenoxy) is 1. The molecule has 3 rings (SSSR count). The first kappa shape index (κ1) is 15.5. The molecule has 122 valence electrons. The molecular formula is C17H14FN3O3. The Labute approximate surface area is 136 Å². The molecule has 3 aromatic rings. The smallest absolute Gasteiger partial charge is 0.276 e. The lowest BCUT2D eigenvalue weighted by molar-refractivity contribution is -0.123. The molecule has 0 atom stereocenters. The van der Waals surface area contributed by atoms with Crippen LogP contribution in [-0.2, 0) is 4.79 Å². The van der Waals surface area contributed by atoms with Crippen molar-refractivity contribution in [1.82, 2.24) is 15.8 Å². The maximum atomic E-state index is 12.8. The number of rotatable bonds is 4. The van der Waals surface area contributed by atoms with E-state index >= 15 is 0 Å². The van der Waals surface area contributed by atoms with Gasteiger partial charge in [0, 0.05) is 17.1 Å². The second-order valence-electron chi connectivity index (χ2n) is 4.99. The van der Waals surface area contributed by atoms with E-state index < -0.39 is 17.6 Å². The molecule has 0 bridgehead atoms. The van der Waals surface area contributed by atoms with E-state index in [-0.39, 0.29) is 6.61 Å². The van der Waals surface area contributed by atoms with Crippen LogP contribution in [0.15, 0.2) is 54.7 Å². The molecule has 0 spiro atoms. The molecule has 1 aromatic heterocycles. The second kappa shape index (κ2) is 6.82. The van der Waals surface area contributed by atoms with Crippen LogP contribution >= 0.6 is 0 Å². The van der Waals surface area contributed by atoms with Gasteiger partial charge in [0.05, 0.1) is 5.56 Å². The number of nitrogens with one attached hydrogen (secondary N) is 3. The number of carbonyl (C=O) groups excluding carboxylic acids is 2. The van der Waals surface area contributed by atoms with Gasteiger partial charge in [-0.3, -0.25) is 20.4 Å². The standard InChI is InChI=1S/C17H14FN3O3/c18-11-5-7-12(8-6-11)24-10-16(22)20-21-17(23)14-9-19-15-4-2-1-3-13(14)15/h1-9,19H,10H2,(H,20,22)(H,21,23). The Morgan fingerprint density at radius 1 is 1.04 bits per heavy atom. The molecule has 0 unspecified atom stereocenters. The van der Waals surface area contributed by atoms with Crippen molar-refractivity contribution < 1.29 is 18.7 Å². The Morgan fingerprint density at radius 3 is 2.58 bits per heavy atom. The molecule has 2 amide bonds. The zero-order chi connectivity index (χ0) is 16.9. The SMILES string of the molecule is O=C(COc1ccc(F)cc1)NNC(=O)c1c[nH]c2ccccc12. The summed E-state index contributed by atoms with van der Waals surface area (Å²) in [6.07, 6.45) is 1.57. The van der Waals surface area contributed by atoms with Gasteiger partial charge >= 0.3 is 0 Å². The molecule has 0 radical (unpaired) electrons. The third-order valence-corrected chi connectivity index (χ3v) is 3.33. The van der Waals surface area contributed by atoms with Crippen LogP contribution in [0.4, 0.5) is 4.39 Å². The Hall–Kier alpha value is -3.35. The number of para-hydroxylation sites is 1. The third-order valence-electron chi connectivity index (χ3n) is 3.33. The van der Waals surface area contributed by atoms with Crippen LogP contribution in [0.25, 0.3) is 10.9 Å². The van der Waals surface area contributed by atoms with Gasteiger partial charge in [-0.25, -0.2) is 4.39 Å². The van der Waals surface area contributed by atoms with Crippen molar-refractivity contribution >= 4 is 22.7 Å². The lowest BCUT2D eigenvalue weighted by Crippen LogP contribution is -2.43. The van der Waals surface area contributed by atoms with Gasteiger partial charge < -0.3 is 9.72 Å². The lowest BCUT2D eigenvalue weighted by Gasteiger charge is -2.08.